The van der Waals surface area contributed by atoms with Gasteiger partial charge in [-0.15, -0.1) is 0 Å². The van der Waals surface area contributed by atoms with Crippen LogP contribution in [0.1, 0.15) is 26.3 Å². The highest BCUT2D eigenvalue weighted by Gasteiger charge is 2.67. The molecule has 1 N–H and O–H groups in total. The fourth-order valence-electron chi connectivity index (χ4n) is 4.21. The fourth-order valence-corrected chi connectivity index (χ4v) is 4.21. The molecule has 7 heteroatoms. The highest BCUT2D eigenvalue weighted by atomic mass is 16.6. The number of hydrogen-bond donors (Lipinski definition) is 1. The molecule has 28 heavy (non-hydrogen) atoms. The molecule has 3 amide bonds. The number of likely N-dealkylation sites (tertiary alicyclic amines) is 1. The number of alkyl carbamates (subject to hydrolysis) is 1. The number of nitrogens with one attached hydrogen (secondary N) is 1. The van der Waals surface area contributed by atoms with E-state index in [9.17, 15) is 14.4 Å². The Labute approximate surface area is 163 Å². The predicted octanol–water partition coefficient (Wildman–Crippen LogP) is 2.02. The van der Waals surface area contributed by atoms with Crippen LogP contribution in [0.25, 0.3) is 0 Å². The lowest BCUT2D eigenvalue weighted by molar-refractivity contribution is -0.144. The van der Waals surface area contributed by atoms with Crippen LogP contribution in [0.4, 0.5) is 4.79 Å². The third-order valence-corrected chi connectivity index (χ3v) is 5.34. The van der Waals surface area contributed by atoms with E-state index in [0.29, 0.717) is 0 Å². The zero-order valence-corrected chi connectivity index (χ0v) is 16.2. The van der Waals surface area contributed by atoms with Crippen molar-refractivity contribution in [2.24, 2.45) is 11.8 Å². The average Bonchev–Trinajstić information content (AvgIpc) is 3.26. The molecule has 0 saturated carbocycles. The summed E-state index contributed by atoms with van der Waals surface area (Å²) in [6, 6.07) is 9.42. The first kappa shape index (κ1) is 18.7. The van der Waals surface area contributed by atoms with Crippen LogP contribution in [0.2, 0.25) is 0 Å². The second-order valence-corrected chi connectivity index (χ2v) is 8.50. The van der Waals surface area contributed by atoms with Gasteiger partial charge in [0.05, 0.1) is 31.0 Å². The van der Waals surface area contributed by atoms with Gasteiger partial charge in [0.2, 0.25) is 11.8 Å². The summed E-state index contributed by atoms with van der Waals surface area (Å²) in [7, 11) is 0. The number of rotatable bonds is 4. The Morgan fingerprint density at radius 1 is 1.21 bits per heavy atom. The van der Waals surface area contributed by atoms with Gasteiger partial charge in [0.15, 0.2) is 0 Å². The number of carbonyl (C=O) groups is 3. The molecule has 3 aliphatic rings. The molecule has 0 aromatic heterocycles. The molecule has 2 saturated heterocycles. The van der Waals surface area contributed by atoms with Gasteiger partial charge in [-0.1, -0.05) is 42.5 Å². The van der Waals surface area contributed by atoms with Gasteiger partial charge in [-0.2, -0.15) is 0 Å². The topological polar surface area (TPSA) is 84.9 Å². The molecular weight excluding hydrogens is 360 g/mol. The van der Waals surface area contributed by atoms with Gasteiger partial charge < -0.3 is 14.8 Å². The van der Waals surface area contributed by atoms with E-state index in [1.54, 1.807) is 26.8 Å². The smallest absolute Gasteiger partial charge is 0.407 e. The molecule has 3 heterocycles. The highest BCUT2D eigenvalue weighted by molar-refractivity contribution is 6.07. The van der Waals surface area contributed by atoms with Crippen LogP contribution in [0.3, 0.4) is 0 Å². The van der Waals surface area contributed by atoms with Crippen LogP contribution in [-0.4, -0.2) is 46.7 Å². The molecule has 148 valence electrons. The largest absolute Gasteiger partial charge is 0.444 e. The standard InChI is InChI=1S/C21H24N2O5/c1-20(2,3)28-19(26)22-12-21-10-9-14(27-21)15-16(21)18(25)23(17(15)24)11-13-7-5-4-6-8-13/h4-10,14-16H,11-12H2,1-3H3,(H,22,26)/t14-,15-,16-,21-/m1/s1. The summed E-state index contributed by atoms with van der Waals surface area (Å²) in [5.41, 5.74) is -0.739. The number of nitrogens with zero attached hydrogens (tertiary/aromatic N) is 1. The van der Waals surface area contributed by atoms with Gasteiger partial charge in [-0.05, 0) is 26.3 Å². The zero-order valence-electron chi connectivity index (χ0n) is 16.2. The van der Waals surface area contributed by atoms with Crippen LogP contribution in [0, 0.1) is 11.8 Å². The van der Waals surface area contributed by atoms with Crippen LogP contribution < -0.4 is 5.32 Å². The molecular formula is C21H24N2O5. The van der Waals surface area contributed by atoms with Crippen molar-refractivity contribution in [2.45, 2.75) is 44.6 Å². The lowest BCUT2D eigenvalue weighted by atomic mass is 9.77. The Morgan fingerprint density at radius 2 is 1.93 bits per heavy atom. The lowest BCUT2D eigenvalue weighted by Crippen LogP contribution is -2.49. The molecule has 0 radical (unpaired) electrons. The quantitative estimate of drug-likeness (QED) is 0.634. The van der Waals surface area contributed by atoms with Crippen molar-refractivity contribution in [3.05, 3.63) is 48.0 Å². The molecule has 3 aliphatic heterocycles. The molecule has 0 aliphatic carbocycles. The Balaban J connectivity index is 1.51. The number of fused-ring (bicyclic) bond motifs is 5. The van der Waals surface area contributed by atoms with Gasteiger partial charge in [-0.25, -0.2) is 4.79 Å². The molecule has 2 fully saturated rings. The molecule has 4 atom stereocenters. The summed E-state index contributed by atoms with van der Waals surface area (Å²) in [6.07, 6.45) is 2.59. The third-order valence-electron chi connectivity index (χ3n) is 5.34. The number of hydrogen-bond acceptors (Lipinski definition) is 5. The van der Waals surface area contributed by atoms with Crippen molar-refractivity contribution >= 4 is 17.9 Å². The zero-order chi connectivity index (χ0) is 20.1. The lowest BCUT2D eigenvalue weighted by Gasteiger charge is -2.29. The summed E-state index contributed by atoms with van der Waals surface area (Å²) in [6.45, 7) is 5.65. The van der Waals surface area contributed by atoms with Gasteiger partial charge in [0, 0.05) is 0 Å². The highest BCUT2D eigenvalue weighted by Crippen LogP contribution is 2.51. The molecule has 1 aromatic carbocycles. The number of ether oxygens (including phenoxy) is 2. The maximum Gasteiger partial charge on any atom is 0.407 e. The van der Waals surface area contributed by atoms with Crippen molar-refractivity contribution in [3.8, 4) is 0 Å². The second kappa shape index (κ2) is 6.44. The number of amides is 3. The summed E-state index contributed by atoms with van der Waals surface area (Å²) >= 11 is 0. The monoisotopic (exact) mass is 384 g/mol. The Morgan fingerprint density at radius 3 is 2.61 bits per heavy atom. The van der Waals surface area contributed by atoms with E-state index >= 15 is 0 Å². The van der Waals surface area contributed by atoms with Crippen LogP contribution >= 0.6 is 0 Å². The molecule has 7 nitrogen and oxygen atoms in total. The minimum atomic E-state index is -1.01. The number of benzene rings is 1. The average molecular weight is 384 g/mol. The van der Waals surface area contributed by atoms with Crippen molar-refractivity contribution in [3.63, 3.8) is 0 Å². The van der Waals surface area contributed by atoms with Crippen molar-refractivity contribution < 1.29 is 23.9 Å². The van der Waals surface area contributed by atoms with Gasteiger partial charge in [-0.3, -0.25) is 14.5 Å². The van der Waals surface area contributed by atoms with Crippen molar-refractivity contribution in [1.29, 1.82) is 0 Å². The molecule has 0 spiro atoms. The van der Waals surface area contributed by atoms with Crippen molar-refractivity contribution in [1.82, 2.24) is 10.2 Å². The molecule has 0 unspecified atom stereocenters. The maximum atomic E-state index is 13.1. The normalized spacial score (nSPS) is 30.7. The minimum Gasteiger partial charge on any atom is -0.444 e. The van der Waals surface area contributed by atoms with Crippen LogP contribution in [0.15, 0.2) is 42.5 Å². The first-order valence-electron chi connectivity index (χ1n) is 9.43. The molecule has 4 rings (SSSR count). The molecule has 1 aromatic rings. The second-order valence-electron chi connectivity index (χ2n) is 8.50. The van der Waals surface area contributed by atoms with E-state index < -0.39 is 35.2 Å². The van der Waals surface area contributed by atoms with Gasteiger partial charge in [0.25, 0.3) is 0 Å². The SMILES string of the molecule is CC(C)(C)OC(=O)NC[C@@]12C=C[C@@H](O1)[C@H]1C(=O)N(Cc3ccccc3)C(=O)[C@@H]12. The minimum absolute atomic E-state index is 0.0777. The number of carbonyl (C=O) groups excluding carboxylic acids is 3. The van der Waals surface area contributed by atoms with E-state index in [2.05, 4.69) is 5.32 Å². The Bertz CT molecular complexity index is 844. The Kier molecular flexibility index (Phi) is 4.30. The number of imide groups is 1. The van der Waals surface area contributed by atoms with E-state index in [4.69, 9.17) is 9.47 Å². The first-order valence-corrected chi connectivity index (χ1v) is 9.43. The summed E-state index contributed by atoms with van der Waals surface area (Å²) in [5, 5.41) is 2.69. The summed E-state index contributed by atoms with van der Waals surface area (Å²) in [5.74, 6) is -1.64. The Hall–Kier alpha value is -2.67. The van der Waals surface area contributed by atoms with E-state index in [1.807, 2.05) is 36.4 Å². The van der Waals surface area contributed by atoms with E-state index in [0.717, 1.165) is 5.56 Å². The predicted molar refractivity (Wildman–Crippen MR) is 100.0 cm³/mol. The maximum absolute atomic E-state index is 13.1. The van der Waals surface area contributed by atoms with Crippen LogP contribution in [0.5, 0.6) is 0 Å². The third kappa shape index (κ3) is 3.09. The molecule has 2 bridgehead atoms. The summed E-state index contributed by atoms with van der Waals surface area (Å²) in [4.78, 5) is 39.4. The summed E-state index contributed by atoms with van der Waals surface area (Å²) < 4.78 is 11.3. The van der Waals surface area contributed by atoms with Gasteiger partial charge in [0.1, 0.15) is 11.2 Å². The fraction of sp³-hybridized carbons (Fsp3) is 0.476. The van der Waals surface area contributed by atoms with E-state index in [1.165, 1.54) is 4.90 Å². The van der Waals surface area contributed by atoms with Crippen LogP contribution in [-0.2, 0) is 25.6 Å². The van der Waals surface area contributed by atoms with E-state index in [-0.39, 0.29) is 24.9 Å². The van der Waals surface area contributed by atoms with Crippen molar-refractivity contribution in [2.75, 3.05) is 6.54 Å². The van der Waals surface area contributed by atoms with Gasteiger partial charge >= 0.3 is 6.09 Å². The first-order chi connectivity index (χ1) is 13.2.